The number of rotatable bonds is 2. The van der Waals surface area contributed by atoms with Gasteiger partial charge in [0, 0.05) is 17.3 Å². The van der Waals surface area contributed by atoms with Crippen LogP contribution in [-0.4, -0.2) is 16.5 Å². The quantitative estimate of drug-likeness (QED) is 0.719. The fraction of sp³-hybridized carbons (Fsp3) is 0.600. The van der Waals surface area contributed by atoms with Crippen LogP contribution in [0.15, 0.2) is 0 Å². The third-order valence-electron chi connectivity index (χ3n) is 2.88. The third-order valence-corrected chi connectivity index (χ3v) is 2.88. The highest BCUT2D eigenvalue weighted by Gasteiger charge is 2.26. The molecule has 0 saturated carbocycles. The number of fused-ring (bicyclic) bond motifs is 1. The monoisotopic (exact) mass is 192 g/mol. The maximum absolute atomic E-state index is 5.72. The van der Waals surface area contributed by atoms with Gasteiger partial charge in [0.25, 0.3) is 0 Å². The normalized spacial score (nSPS) is 19.7. The summed E-state index contributed by atoms with van der Waals surface area (Å²) in [5, 5.41) is 0. The van der Waals surface area contributed by atoms with Gasteiger partial charge in [-0.3, -0.25) is 0 Å². The van der Waals surface area contributed by atoms with Crippen molar-refractivity contribution in [1.29, 1.82) is 0 Å². The molecule has 1 unspecified atom stereocenters. The molecule has 0 saturated heterocycles. The van der Waals surface area contributed by atoms with Crippen molar-refractivity contribution >= 4 is 5.95 Å². The molecule has 0 radical (unpaired) electrons. The molecule has 4 N–H and O–H groups in total. The summed E-state index contributed by atoms with van der Waals surface area (Å²) >= 11 is 0. The van der Waals surface area contributed by atoms with Gasteiger partial charge in [0.05, 0.1) is 0 Å². The van der Waals surface area contributed by atoms with E-state index in [4.69, 9.17) is 11.5 Å². The number of anilines is 1. The highest BCUT2D eigenvalue weighted by atomic mass is 15.0. The molecule has 14 heavy (non-hydrogen) atoms. The van der Waals surface area contributed by atoms with Crippen molar-refractivity contribution in [3.05, 3.63) is 17.0 Å². The Morgan fingerprint density at radius 1 is 1.43 bits per heavy atom. The lowest BCUT2D eigenvalue weighted by Gasteiger charge is -2.11. The molecule has 0 fully saturated rings. The van der Waals surface area contributed by atoms with Crippen LogP contribution in [0.2, 0.25) is 0 Å². The second kappa shape index (κ2) is 3.53. The van der Waals surface area contributed by atoms with E-state index in [9.17, 15) is 0 Å². The number of hydrogen-bond donors (Lipinski definition) is 2. The number of nitrogens with zero attached hydrogens (tertiary/aromatic N) is 2. The van der Waals surface area contributed by atoms with E-state index in [1.54, 1.807) is 0 Å². The smallest absolute Gasteiger partial charge is 0.220 e. The lowest BCUT2D eigenvalue weighted by atomic mass is 10.0. The average molecular weight is 192 g/mol. The zero-order valence-electron chi connectivity index (χ0n) is 8.45. The van der Waals surface area contributed by atoms with Crippen LogP contribution in [0.25, 0.3) is 0 Å². The van der Waals surface area contributed by atoms with E-state index in [-0.39, 0.29) is 0 Å². The van der Waals surface area contributed by atoms with E-state index >= 15 is 0 Å². The Morgan fingerprint density at radius 3 is 2.86 bits per heavy atom. The Balaban J connectivity index is 2.51. The number of aryl methyl sites for hydroxylation is 2. The summed E-state index contributed by atoms with van der Waals surface area (Å²) in [4.78, 5) is 8.54. The molecule has 76 valence electrons. The summed E-state index contributed by atoms with van der Waals surface area (Å²) < 4.78 is 0. The van der Waals surface area contributed by atoms with E-state index in [1.807, 2.05) is 0 Å². The van der Waals surface area contributed by atoms with E-state index in [0.29, 0.717) is 18.4 Å². The van der Waals surface area contributed by atoms with Crippen molar-refractivity contribution in [3.8, 4) is 0 Å². The molecular weight excluding hydrogens is 176 g/mol. The molecule has 1 heterocycles. The van der Waals surface area contributed by atoms with E-state index in [2.05, 4.69) is 16.9 Å². The molecule has 4 heteroatoms. The zero-order valence-corrected chi connectivity index (χ0v) is 8.45. The highest BCUT2D eigenvalue weighted by Crippen LogP contribution is 2.33. The molecule has 1 aromatic heterocycles. The minimum Gasteiger partial charge on any atom is -0.368 e. The summed E-state index contributed by atoms with van der Waals surface area (Å²) in [6.45, 7) is 2.78. The van der Waals surface area contributed by atoms with Gasteiger partial charge >= 0.3 is 0 Å². The van der Waals surface area contributed by atoms with Gasteiger partial charge in [0.1, 0.15) is 0 Å². The Morgan fingerprint density at radius 2 is 2.21 bits per heavy atom. The number of nitrogen functional groups attached to an aromatic ring is 1. The summed E-state index contributed by atoms with van der Waals surface area (Å²) in [6.07, 6.45) is 3.00. The van der Waals surface area contributed by atoms with Gasteiger partial charge in [-0.15, -0.1) is 0 Å². The third kappa shape index (κ3) is 1.35. The topological polar surface area (TPSA) is 77.8 Å². The van der Waals surface area contributed by atoms with Gasteiger partial charge in [0.15, 0.2) is 0 Å². The molecule has 1 atom stereocenters. The lowest BCUT2D eigenvalue weighted by molar-refractivity contribution is 0.680. The first-order valence-corrected chi connectivity index (χ1v) is 5.11. The molecule has 0 aromatic carbocycles. The first kappa shape index (κ1) is 9.40. The maximum atomic E-state index is 5.72. The minimum absolute atomic E-state index is 0.401. The van der Waals surface area contributed by atoms with Crippen molar-refractivity contribution in [3.63, 3.8) is 0 Å². The minimum atomic E-state index is 0.401. The van der Waals surface area contributed by atoms with Crippen LogP contribution >= 0.6 is 0 Å². The van der Waals surface area contributed by atoms with Crippen LogP contribution in [0.3, 0.4) is 0 Å². The second-order valence-corrected chi connectivity index (χ2v) is 3.71. The fourth-order valence-electron chi connectivity index (χ4n) is 2.21. The Bertz CT molecular complexity index is 348. The van der Waals surface area contributed by atoms with Crippen molar-refractivity contribution < 1.29 is 0 Å². The summed E-state index contributed by atoms with van der Waals surface area (Å²) in [5.41, 5.74) is 14.8. The first-order chi connectivity index (χ1) is 6.76. The van der Waals surface area contributed by atoms with Crippen LogP contribution < -0.4 is 11.5 Å². The van der Waals surface area contributed by atoms with Crippen LogP contribution in [0.4, 0.5) is 5.95 Å². The van der Waals surface area contributed by atoms with Crippen LogP contribution in [0.1, 0.15) is 36.2 Å². The largest absolute Gasteiger partial charge is 0.368 e. The predicted octanol–water partition coefficient (Wildman–Crippen LogP) is 0.610. The number of hydrogen-bond acceptors (Lipinski definition) is 4. The Labute approximate surface area is 83.7 Å². The van der Waals surface area contributed by atoms with Crippen molar-refractivity contribution in [1.82, 2.24) is 9.97 Å². The Hall–Kier alpha value is -1.16. The van der Waals surface area contributed by atoms with Crippen LogP contribution in [0.5, 0.6) is 0 Å². The summed E-state index contributed by atoms with van der Waals surface area (Å²) in [7, 11) is 0. The molecule has 0 bridgehead atoms. The Kier molecular flexibility index (Phi) is 2.37. The van der Waals surface area contributed by atoms with E-state index < -0.39 is 0 Å². The standard InChI is InChI=1S/C10H16N4/c1-2-7-9-6(5-11)3-4-8(9)14-10(12)13-7/h6H,2-5,11H2,1H3,(H2,12,13,14). The lowest BCUT2D eigenvalue weighted by Crippen LogP contribution is -2.13. The van der Waals surface area contributed by atoms with Gasteiger partial charge in [-0.1, -0.05) is 6.92 Å². The van der Waals surface area contributed by atoms with Crippen LogP contribution in [-0.2, 0) is 12.8 Å². The van der Waals surface area contributed by atoms with Gasteiger partial charge in [0.2, 0.25) is 5.95 Å². The predicted molar refractivity (Wildman–Crippen MR) is 55.9 cm³/mol. The van der Waals surface area contributed by atoms with Gasteiger partial charge < -0.3 is 11.5 Å². The molecule has 0 spiro atoms. The SMILES string of the molecule is CCc1nc(N)nc2c1C(CN)CC2. The van der Waals surface area contributed by atoms with Gasteiger partial charge in [-0.2, -0.15) is 0 Å². The van der Waals surface area contributed by atoms with Crippen molar-refractivity contribution in [2.45, 2.75) is 32.1 Å². The molecule has 1 aliphatic rings. The molecule has 0 amide bonds. The molecule has 4 nitrogen and oxygen atoms in total. The van der Waals surface area contributed by atoms with Gasteiger partial charge in [-0.25, -0.2) is 9.97 Å². The van der Waals surface area contributed by atoms with E-state index in [1.165, 1.54) is 5.56 Å². The number of nitrogens with two attached hydrogens (primary N) is 2. The molecular formula is C10H16N4. The van der Waals surface area contributed by atoms with Crippen LogP contribution in [0, 0.1) is 0 Å². The first-order valence-electron chi connectivity index (χ1n) is 5.11. The average Bonchev–Trinajstić information content (AvgIpc) is 2.59. The fourth-order valence-corrected chi connectivity index (χ4v) is 2.21. The highest BCUT2D eigenvalue weighted by molar-refractivity contribution is 5.38. The molecule has 2 rings (SSSR count). The van der Waals surface area contributed by atoms with Crippen molar-refractivity contribution in [2.24, 2.45) is 5.73 Å². The summed E-state index contributed by atoms with van der Waals surface area (Å²) in [6, 6.07) is 0. The van der Waals surface area contributed by atoms with Gasteiger partial charge in [-0.05, 0) is 31.4 Å². The van der Waals surface area contributed by atoms with E-state index in [0.717, 1.165) is 30.7 Å². The molecule has 1 aromatic rings. The summed E-state index contributed by atoms with van der Waals surface area (Å²) in [5.74, 6) is 0.846. The van der Waals surface area contributed by atoms with Crippen molar-refractivity contribution in [2.75, 3.05) is 12.3 Å². The molecule has 1 aliphatic carbocycles. The second-order valence-electron chi connectivity index (χ2n) is 3.71. The number of aromatic nitrogens is 2. The zero-order chi connectivity index (χ0) is 10.1. The maximum Gasteiger partial charge on any atom is 0.220 e. The molecule has 0 aliphatic heterocycles.